The first-order valence-electron chi connectivity index (χ1n) is 10.5. The Balaban J connectivity index is 5.44. The highest BCUT2D eigenvalue weighted by Crippen LogP contribution is 2.09. The molecule has 0 spiro atoms. The smallest absolute Gasteiger partial charge is 0.326 e. The van der Waals surface area contributed by atoms with E-state index in [9.17, 15) is 29.1 Å². The van der Waals surface area contributed by atoms with Crippen LogP contribution < -0.4 is 27.4 Å². The lowest BCUT2D eigenvalue weighted by Crippen LogP contribution is -2.59. The van der Waals surface area contributed by atoms with Crippen molar-refractivity contribution in [2.45, 2.75) is 71.1 Å². The van der Waals surface area contributed by atoms with Gasteiger partial charge in [-0.05, 0) is 30.3 Å². The third kappa shape index (κ3) is 10.3. The number of carbonyl (C=O) groups excluding carboxylic acids is 4. The molecule has 0 saturated carbocycles. The van der Waals surface area contributed by atoms with E-state index in [1.165, 1.54) is 11.8 Å². The topological polar surface area (TPSA) is 194 Å². The lowest BCUT2D eigenvalue weighted by atomic mass is 9.97. The number of carboxylic acids is 1. The second-order valence-corrected chi connectivity index (χ2v) is 9.04. The van der Waals surface area contributed by atoms with Gasteiger partial charge in [0.2, 0.25) is 23.6 Å². The van der Waals surface area contributed by atoms with Crippen molar-refractivity contribution in [3.8, 4) is 0 Å². The zero-order valence-electron chi connectivity index (χ0n) is 19.3. The Morgan fingerprint density at radius 1 is 0.938 bits per heavy atom. The molecular formula is C20H37N5O6S. The fourth-order valence-electron chi connectivity index (χ4n) is 2.74. The molecule has 0 radical (unpaired) electrons. The van der Waals surface area contributed by atoms with Gasteiger partial charge in [0.05, 0.1) is 12.5 Å². The van der Waals surface area contributed by atoms with Gasteiger partial charge in [0, 0.05) is 0 Å². The number of hydrogen-bond donors (Lipinski definition) is 6. The van der Waals surface area contributed by atoms with Crippen molar-refractivity contribution in [2.24, 2.45) is 23.3 Å². The molecule has 5 unspecified atom stereocenters. The van der Waals surface area contributed by atoms with Gasteiger partial charge in [-0.1, -0.05) is 34.1 Å². The van der Waals surface area contributed by atoms with Gasteiger partial charge in [0.1, 0.15) is 18.1 Å². The highest BCUT2D eigenvalue weighted by Gasteiger charge is 2.32. The molecule has 11 nitrogen and oxygen atoms in total. The first kappa shape index (κ1) is 29.7. The summed E-state index contributed by atoms with van der Waals surface area (Å²) < 4.78 is 0. The Morgan fingerprint density at radius 2 is 1.50 bits per heavy atom. The molecule has 0 fully saturated rings. The van der Waals surface area contributed by atoms with E-state index in [4.69, 9.17) is 11.5 Å². The minimum Gasteiger partial charge on any atom is -0.480 e. The van der Waals surface area contributed by atoms with Crippen molar-refractivity contribution in [2.75, 3.05) is 12.0 Å². The zero-order valence-corrected chi connectivity index (χ0v) is 20.2. The van der Waals surface area contributed by atoms with Crippen molar-refractivity contribution < 1.29 is 29.1 Å². The Kier molecular flexibility index (Phi) is 13.6. The van der Waals surface area contributed by atoms with Gasteiger partial charge in [-0.2, -0.15) is 11.8 Å². The average molecular weight is 476 g/mol. The normalized spacial score (nSPS) is 15.7. The van der Waals surface area contributed by atoms with Crippen LogP contribution in [0.25, 0.3) is 0 Å². The van der Waals surface area contributed by atoms with Crippen LogP contribution in [0.3, 0.4) is 0 Å². The average Bonchev–Trinajstić information content (AvgIpc) is 2.71. The van der Waals surface area contributed by atoms with E-state index in [1.54, 1.807) is 13.8 Å². The molecule has 0 aromatic heterocycles. The predicted molar refractivity (Wildman–Crippen MR) is 123 cm³/mol. The van der Waals surface area contributed by atoms with Gasteiger partial charge in [-0.15, -0.1) is 0 Å². The quantitative estimate of drug-likeness (QED) is 0.177. The summed E-state index contributed by atoms with van der Waals surface area (Å²) in [7, 11) is 0. The van der Waals surface area contributed by atoms with Crippen molar-refractivity contribution >= 4 is 41.4 Å². The van der Waals surface area contributed by atoms with Gasteiger partial charge in [0.25, 0.3) is 0 Å². The molecule has 5 atom stereocenters. The first-order valence-corrected chi connectivity index (χ1v) is 11.9. The van der Waals surface area contributed by atoms with E-state index in [0.29, 0.717) is 12.2 Å². The number of thioether (sulfide) groups is 1. The maximum atomic E-state index is 12.9. The number of aliphatic carboxylic acids is 1. The predicted octanol–water partition coefficient (Wildman–Crippen LogP) is -0.817. The van der Waals surface area contributed by atoms with Gasteiger partial charge in [-0.3, -0.25) is 19.2 Å². The molecule has 32 heavy (non-hydrogen) atoms. The lowest BCUT2D eigenvalue weighted by molar-refractivity contribution is -0.143. The maximum Gasteiger partial charge on any atom is 0.326 e. The van der Waals surface area contributed by atoms with Crippen LogP contribution in [-0.2, 0) is 24.0 Å². The Morgan fingerprint density at radius 3 is 1.94 bits per heavy atom. The summed E-state index contributed by atoms with van der Waals surface area (Å²) in [5.41, 5.74) is 11.0. The van der Waals surface area contributed by atoms with E-state index in [2.05, 4.69) is 16.0 Å². The largest absolute Gasteiger partial charge is 0.480 e. The van der Waals surface area contributed by atoms with Crippen LogP contribution in [-0.4, -0.2) is 70.9 Å². The highest BCUT2D eigenvalue weighted by molar-refractivity contribution is 7.98. The molecule has 184 valence electrons. The number of nitrogens with two attached hydrogens (primary N) is 2. The number of nitrogens with one attached hydrogen (secondary N) is 3. The second-order valence-electron chi connectivity index (χ2n) is 8.05. The SMILES string of the molecule is CCC(C)C(N)C(=O)NC(C(=O)NC(CCSC)C(=O)NC(CC(N)=O)C(=O)O)C(C)C. The highest BCUT2D eigenvalue weighted by atomic mass is 32.2. The van der Waals surface area contributed by atoms with E-state index < -0.39 is 60.2 Å². The summed E-state index contributed by atoms with van der Waals surface area (Å²) in [6.07, 6.45) is 2.15. The van der Waals surface area contributed by atoms with E-state index in [1.807, 2.05) is 20.1 Å². The van der Waals surface area contributed by atoms with Crippen molar-refractivity contribution in [1.82, 2.24) is 16.0 Å². The monoisotopic (exact) mass is 475 g/mol. The second kappa shape index (κ2) is 14.7. The van der Waals surface area contributed by atoms with Crippen LogP contribution in [0.5, 0.6) is 0 Å². The lowest BCUT2D eigenvalue weighted by Gasteiger charge is -2.27. The molecule has 12 heteroatoms. The number of rotatable bonds is 15. The van der Waals surface area contributed by atoms with E-state index in [-0.39, 0.29) is 18.3 Å². The summed E-state index contributed by atoms with van der Waals surface area (Å²) >= 11 is 1.44. The molecular weight excluding hydrogens is 438 g/mol. The Labute approximate surface area is 193 Å². The summed E-state index contributed by atoms with van der Waals surface area (Å²) in [6, 6.07) is -4.30. The number of primary amides is 1. The van der Waals surface area contributed by atoms with E-state index in [0.717, 1.165) is 0 Å². The fraction of sp³-hybridized carbons (Fsp3) is 0.750. The van der Waals surface area contributed by atoms with Crippen molar-refractivity contribution in [3.63, 3.8) is 0 Å². The van der Waals surface area contributed by atoms with Crippen molar-refractivity contribution in [1.29, 1.82) is 0 Å². The van der Waals surface area contributed by atoms with Gasteiger partial charge in [0.15, 0.2) is 0 Å². The van der Waals surface area contributed by atoms with Crippen LogP contribution in [0.15, 0.2) is 0 Å². The zero-order chi connectivity index (χ0) is 25.0. The van der Waals surface area contributed by atoms with Crippen LogP contribution >= 0.6 is 11.8 Å². The molecule has 0 aromatic rings. The van der Waals surface area contributed by atoms with E-state index >= 15 is 0 Å². The number of hydrogen-bond acceptors (Lipinski definition) is 7. The standard InChI is InChI=1S/C20H37N5O6S/c1-6-11(4)15(22)18(28)25-16(10(2)3)19(29)23-12(7-8-32-5)17(27)24-13(20(30)31)9-14(21)26/h10-13,15-16H,6-9,22H2,1-5H3,(H2,21,26)(H,23,29)(H,24,27)(H,25,28)(H,30,31). The number of carboxylic acid groups (broad SMARTS) is 1. The fourth-order valence-corrected chi connectivity index (χ4v) is 3.21. The summed E-state index contributed by atoms with van der Waals surface area (Å²) in [5, 5.41) is 16.7. The Hall–Kier alpha value is -2.34. The molecule has 0 aromatic carbocycles. The van der Waals surface area contributed by atoms with Crippen molar-refractivity contribution in [3.05, 3.63) is 0 Å². The third-order valence-electron chi connectivity index (χ3n) is 5.07. The first-order chi connectivity index (χ1) is 14.8. The molecule has 0 saturated heterocycles. The van der Waals surface area contributed by atoms with Gasteiger partial charge < -0.3 is 32.5 Å². The minimum atomic E-state index is -1.51. The molecule has 0 bridgehead atoms. The van der Waals surface area contributed by atoms with Gasteiger partial charge in [-0.25, -0.2) is 4.79 Å². The number of amides is 4. The Bertz CT molecular complexity index is 675. The maximum absolute atomic E-state index is 12.9. The van der Waals surface area contributed by atoms with Crippen LogP contribution in [0.1, 0.15) is 47.0 Å². The summed E-state index contributed by atoms with van der Waals surface area (Å²) in [6.45, 7) is 7.22. The molecule has 0 aliphatic carbocycles. The third-order valence-corrected chi connectivity index (χ3v) is 5.71. The molecule has 0 aliphatic heterocycles. The minimum absolute atomic E-state index is 0.0795. The molecule has 8 N–H and O–H groups in total. The van der Waals surface area contributed by atoms with Crippen LogP contribution in [0.2, 0.25) is 0 Å². The summed E-state index contributed by atoms with van der Waals surface area (Å²) in [5.74, 6) is -3.99. The molecule has 4 amide bonds. The summed E-state index contributed by atoms with van der Waals surface area (Å²) in [4.78, 5) is 60.5. The molecule has 0 heterocycles. The molecule has 0 aliphatic rings. The molecule has 0 rings (SSSR count). The number of carbonyl (C=O) groups is 5. The van der Waals surface area contributed by atoms with Gasteiger partial charge >= 0.3 is 5.97 Å². The van der Waals surface area contributed by atoms with Crippen LogP contribution in [0.4, 0.5) is 0 Å². The van der Waals surface area contributed by atoms with Crippen LogP contribution in [0, 0.1) is 11.8 Å².